The van der Waals surface area contributed by atoms with Crippen molar-refractivity contribution in [3.63, 3.8) is 0 Å². The molecule has 0 saturated carbocycles. The smallest absolute Gasteiger partial charge is 0.419 e. The second kappa shape index (κ2) is 5.08. The molecule has 7 heteroatoms. The van der Waals surface area contributed by atoms with E-state index in [1.165, 1.54) is 0 Å². The van der Waals surface area contributed by atoms with Gasteiger partial charge in [0.05, 0.1) is 11.1 Å². The number of aromatic carboxylic acids is 1. The molecular formula is C14H8F4O3. The minimum absolute atomic E-state index is 0.0397. The quantitative estimate of drug-likeness (QED) is 0.827. The number of phenols is 1. The van der Waals surface area contributed by atoms with Crippen LogP contribution in [0.15, 0.2) is 36.4 Å². The highest BCUT2D eigenvalue weighted by atomic mass is 19.4. The molecule has 0 heterocycles. The minimum Gasteiger partial charge on any atom is -0.508 e. The van der Waals surface area contributed by atoms with Crippen molar-refractivity contribution in [1.29, 1.82) is 0 Å². The largest absolute Gasteiger partial charge is 0.508 e. The topological polar surface area (TPSA) is 57.5 Å². The van der Waals surface area contributed by atoms with Crippen molar-refractivity contribution in [2.24, 2.45) is 0 Å². The Balaban J connectivity index is 2.60. The van der Waals surface area contributed by atoms with Gasteiger partial charge in [-0.25, -0.2) is 9.18 Å². The van der Waals surface area contributed by atoms with E-state index in [1.54, 1.807) is 0 Å². The summed E-state index contributed by atoms with van der Waals surface area (Å²) >= 11 is 0. The van der Waals surface area contributed by atoms with Crippen LogP contribution in [0.4, 0.5) is 17.6 Å². The van der Waals surface area contributed by atoms with Gasteiger partial charge < -0.3 is 10.2 Å². The van der Waals surface area contributed by atoms with Crippen molar-refractivity contribution < 1.29 is 32.6 Å². The van der Waals surface area contributed by atoms with Crippen molar-refractivity contribution in [3.05, 3.63) is 53.3 Å². The zero-order chi connectivity index (χ0) is 15.8. The molecule has 2 rings (SSSR count). The first-order chi connectivity index (χ1) is 9.68. The summed E-state index contributed by atoms with van der Waals surface area (Å²) in [5, 5.41) is 18.3. The van der Waals surface area contributed by atoms with Crippen LogP contribution in [0.5, 0.6) is 5.75 Å². The molecule has 0 saturated heterocycles. The normalized spacial score (nSPS) is 11.4. The molecule has 2 aromatic carbocycles. The van der Waals surface area contributed by atoms with Crippen molar-refractivity contribution in [2.75, 3.05) is 0 Å². The predicted molar refractivity (Wildman–Crippen MR) is 65.5 cm³/mol. The highest BCUT2D eigenvalue weighted by Crippen LogP contribution is 2.35. The van der Waals surface area contributed by atoms with E-state index in [2.05, 4.69) is 0 Å². The Bertz CT molecular complexity index is 708. The lowest BCUT2D eigenvalue weighted by Gasteiger charge is -2.11. The van der Waals surface area contributed by atoms with E-state index in [0.29, 0.717) is 12.1 Å². The number of phenolic OH excluding ortho intramolecular Hbond substituents is 1. The number of carboxylic acids is 1. The lowest BCUT2D eigenvalue weighted by atomic mass is 10.00. The fourth-order valence-electron chi connectivity index (χ4n) is 1.82. The number of carbonyl (C=O) groups is 1. The fraction of sp³-hybridized carbons (Fsp3) is 0.0714. The lowest BCUT2D eigenvalue weighted by molar-refractivity contribution is -0.139. The molecule has 0 radical (unpaired) electrons. The van der Waals surface area contributed by atoms with E-state index in [0.717, 1.165) is 24.3 Å². The number of benzene rings is 2. The number of rotatable bonds is 2. The van der Waals surface area contributed by atoms with E-state index in [4.69, 9.17) is 5.11 Å². The van der Waals surface area contributed by atoms with E-state index < -0.39 is 29.3 Å². The standard InChI is InChI=1S/C14H8F4O3/c15-12-2-1-7(6-11(12)14(16,17)18)8-3-9(13(20)21)5-10(19)4-8/h1-6,19H,(H,20,21). The molecule has 0 atom stereocenters. The summed E-state index contributed by atoms with van der Waals surface area (Å²) in [5.41, 5.74) is -1.76. The van der Waals surface area contributed by atoms with Gasteiger partial charge in [0.1, 0.15) is 11.6 Å². The van der Waals surface area contributed by atoms with Crippen LogP contribution < -0.4 is 0 Å². The first-order valence-electron chi connectivity index (χ1n) is 5.63. The van der Waals surface area contributed by atoms with E-state index in [-0.39, 0.29) is 16.7 Å². The van der Waals surface area contributed by atoms with Gasteiger partial charge in [0.25, 0.3) is 0 Å². The van der Waals surface area contributed by atoms with E-state index in [9.17, 15) is 27.5 Å². The number of aromatic hydroxyl groups is 1. The van der Waals surface area contributed by atoms with Gasteiger partial charge in [-0.15, -0.1) is 0 Å². The molecule has 2 aromatic rings. The third-order valence-corrected chi connectivity index (χ3v) is 2.77. The van der Waals surface area contributed by atoms with Gasteiger partial charge in [-0.3, -0.25) is 0 Å². The zero-order valence-corrected chi connectivity index (χ0v) is 10.3. The van der Waals surface area contributed by atoms with Gasteiger partial charge in [-0.05, 0) is 41.5 Å². The van der Waals surface area contributed by atoms with Crippen LogP contribution in [0.2, 0.25) is 0 Å². The van der Waals surface area contributed by atoms with Crippen molar-refractivity contribution in [3.8, 4) is 16.9 Å². The van der Waals surface area contributed by atoms with Crippen LogP contribution in [-0.4, -0.2) is 16.2 Å². The van der Waals surface area contributed by atoms with Gasteiger partial charge in [-0.1, -0.05) is 6.07 Å². The van der Waals surface area contributed by atoms with Gasteiger partial charge >= 0.3 is 12.1 Å². The summed E-state index contributed by atoms with van der Waals surface area (Å²) in [5.74, 6) is -3.18. The number of halogens is 4. The third-order valence-electron chi connectivity index (χ3n) is 2.77. The first-order valence-corrected chi connectivity index (χ1v) is 5.63. The molecule has 3 nitrogen and oxygen atoms in total. The number of carboxylic acid groups (broad SMARTS) is 1. The predicted octanol–water partition coefficient (Wildman–Crippen LogP) is 3.92. The summed E-state index contributed by atoms with van der Waals surface area (Å²) in [4.78, 5) is 10.9. The minimum atomic E-state index is -4.87. The molecule has 0 unspecified atom stereocenters. The third kappa shape index (κ3) is 3.13. The van der Waals surface area contributed by atoms with Gasteiger partial charge in [0, 0.05) is 0 Å². The Morgan fingerprint density at radius 3 is 2.24 bits per heavy atom. The molecule has 0 aliphatic heterocycles. The second-order valence-electron chi connectivity index (χ2n) is 4.27. The number of alkyl halides is 3. The highest BCUT2D eigenvalue weighted by molar-refractivity contribution is 5.90. The van der Waals surface area contributed by atoms with Crippen LogP contribution in [0.3, 0.4) is 0 Å². The molecule has 2 N–H and O–H groups in total. The Kier molecular flexibility index (Phi) is 3.59. The molecule has 110 valence electrons. The number of hydrogen-bond acceptors (Lipinski definition) is 2. The Hall–Kier alpha value is -2.57. The van der Waals surface area contributed by atoms with Crippen molar-refractivity contribution >= 4 is 5.97 Å². The molecule has 0 spiro atoms. The average Bonchev–Trinajstić information content (AvgIpc) is 2.37. The summed E-state index contributed by atoms with van der Waals surface area (Å²) in [7, 11) is 0. The van der Waals surface area contributed by atoms with Crippen molar-refractivity contribution in [1.82, 2.24) is 0 Å². The molecule has 0 aromatic heterocycles. The van der Waals surface area contributed by atoms with E-state index in [1.807, 2.05) is 0 Å². The molecule has 0 aliphatic rings. The SMILES string of the molecule is O=C(O)c1cc(O)cc(-c2ccc(F)c(C(F)(F)F)c2)c1. The summed E-state index contributed by atoms with van der Waals surface area (Å²) in [6, 6.07) is 5.43. The Morgan fingerprint density at radius 1 is 1.00 bits per heavy atom. The summed E-state index contributed by atoms with van der Waals surface area (Å²) in [6.07, 6.45) is -4.87. The lowest BCUT2D eigenvalue weighted by Crippen LogP contribution is -2.08. The molecule has 0 aliphatic carbocycles. The van der Waals surface area contributed by atoms with E-state index >= 15 is 0 Å². The summed E-state index contributed by atoms with van der Waals surface area (Å²) < 4.78 is 51.1. The van der Waals surface area contributed by atoms with Crippen LogP contribution in [0.1, 0.15) is 15.9 Å². The van der Waals surface area contributed by atoms with Gasteiger partial charge in [0.2, 0.25) is 0 Å². The molecular weight excluding hydrogens is 292 g/mol. The maximum atomic E-state index is 13.2. The highest BCUT2D eigenvalue weighted by Gasteiger charge is 2.34. The maximum Gasteiger partial charge on any atom is 0.419 e. The van der Waals surface area contributed by atoms with Crippen LogP contribution in [0.25, 0.3) is 11.1 Å². The molecule has 21 heavy (non-hydrogen) atoms. The Labute approximate surface area is 116 Å². The second-order valence-corrected chi connectivity index (χ2v) is 4.27. The molecule has 0 bridgehead atoms. The monoisotopic (exact) mass is 300 g/mol. The van der Waals surface area contributed by atoms with Gasteiger partial charge in [-0.2, -0.15) is 13.2 Å². The maximum absolute atomic E-state index is 13.2. The molecule has 0 fully saturated rings. The van der Waals surface area contributed by atoms with Gasteiger partial charge in [0.15, 0.2) is 0 Å². The average molecular weight is 300 g/mol. The number of hydrogen-bond donors (Lipinski definition) is 2. The van der Waals surface area contributed by atoms with Crippen LogP contribution >= 0.6 is 0 Å². The first kappa shape index (κ1) is 14.8. The zero-order valence-electron chi connectivity index (χ0n) is 10.3. The fourth-order valence-corrected chi connectivity index (χ4v) is 1.82. The molecule has 0 amide bonds. The van der Waals surface area contributed by atoms with Crippen molar-refractivity contribution in [2.45, 2.75) is 6.18 Å². The van der Waals surface area contributed by atoms with Crippen LogP contribution in [-0.2, 0) is 6.18 Å². The van der Waals surface area contributed by atoms with Crippen LogP contribution in [0, 0.1) is 5.82 Å². The summed E-state index contributed by atoms with van der Waals surface area (Å²) in [6.45, 7) is 0. The Morgan fingerprint density at radius 2 is 1.67 bits per heavy atom.